The minimum Gasteiger partial charge on any atom is -0.398 e. The second-order valence-corrected chi connectivity index (χ2v) is 7.15. The first-order valence-corrected chi connectivity index (χ1v) is 8.00. The number of nitrogens with one attached hydrogen (secondary N) is 1. The number of nitrogens with two attached hydrogens (primary N) is 1. The summed E-state index contributed by atoms with van der Waals surface area (Å²) in [6.07, 6.45) is -4.54. The zero-order chi connectivity index (χ0) is 15.8. The van der Waals surface area contributed by atoms with Gasteiger partial charge in [0.05, 0.1) is 5.56 Å². The molecule has 4 nitrogen and oxygen atoms in total. The Morgan fingerprint density at radius 1 is 1.24 bits per heavy atom. The third-order valence-electron chi connectivity index (χ3n) is 2.66. The number of thiophene rings is 1. The van der Waals surface area contributed by atoms with E-state index in [0.29, 0.717) is 0 Å². The number of hydrogen-bond donors (Lipinski definition) is 2. The molecule has 1 heterocycles. The summed E-state index contributed by atoms with van der Waals surface area (Å²) in [4.78, 5) is 0. The normalized spacial score (nSPS) is 12.4. The molecule has 0 fully saturated rings. The Bertz CT molecular complexity index is 767. The first-order chi connectivity index (χ1) is 9.59. The Morgan fingerprint density at radius 2 is 1.90 bits per heavy atom. The van der Waals surface area contributed by atoms with E-state index in [1.807, 2.05) is 0 Å². The minimum atomic E-state index is -4.54. The summed E-state index contributed by atoms with van der Waals surface area (Å²) in [5.41, 5.74) is 4.70. The fourth-order valence-corrected chi connectivity index (χ4v) is 3.80. The lowest BCUT2D eigenvalue weighted by molar-refractivity contribution is -0.138. The average Bonchev–Trinajstić information content (AvgIpc) is 2.77. The molecule has 0 aliphatic carbocycles. The number of nitrogen functional groups attached to an aromatic ring is 1. The maximum atomic E-state index is 12.8. The van der Waals surface area contributed by atoms with Crippen molar-refractivity contribution in [1.29, 1.82) is 0 Å². The Hall–Kier alpha value is -1.74. The molecule has 0 bridgehead atoms. The van der Waals surface area contributed by atoms with Gasteiger partial charge in [-0.2, -0.15) is 13.2 Å². The molecule has 1 aromatic carbocycles. The lowest BCUT2D eigenvalue weighted by Gasteiger charge is -2.13. The fraction of sp³-hybridized carbons (Fsp3) is 0.167. The van der Waals surface area contributed by atoms with Crippen LogP contribution in [0.25, 0.3) is 0 Å². The van der Waals surface area contributed by atoms with Gasteiger partial charge in [-0.05, 0) is 30.7 Å². The van der Waals surface area contributed by atoms with E-state index < -0.39 is 21.8 Å². The van der Waals surface area contributed by atoms with E-state index in [1.165, 1.54) is 30.5 Å². The van der Waals surface area contributed by atoms with Gasteiger partial charge in [-0.25, -0.2) is 8.42 Å². The van der Waals surface area contributed by atoms with Gasteiger partial charge < -0.3 is 5.73 Å². The standard InChI is InChI=1S/C12H11F3N2O2S2/c1-7-2-3-9(5-10(7)12(13,14)15)17-21(18,19)11-4-8(16)6-20-11/h2-6,17H,16H2,1H3. The van der Waals surface area contributed by atoms with Crippen molar-refractivity contribution in [3.05, 3.63) is 40.8 Å². The van der Waals surface area contributed by atoms with E-state index in [4.69, 9.17) is 5.73 Å². The first-order valence-electron chi connectivity index (χ1n) is 5.64. The van der Waals surface area contributed by atoms with E-state index in [0.717, 1.165) is 17.4 Å². The molecule has 2 aromatic rings. The molecule has 0 atom stereocenters. The quantitative estimate of drug-likeness (QED) is 0.901. The van der Waals surface area contributed by atoms with Gasteiger partial charge in [-0.3, -0.25) is 4.72 Å². The van der Waals surface area contributed by atoms with E-state index in [1.54, 1.807) is 0 Å². The van der Waals surface area contributed by atoms with Crippen LogP contribution in [0, 0.1) is 6.92 Å². The molecule has 0 spiro atoms. The number of anilines is 2. The summed E-state index contributed by atoms with van der Waals surface area (Å²) in [5, 5.41) is 1.44. The Kier molecular flexibility index (Phi) is 3.89. The number of halogens is 3. The monoisotopic (exact) mass is 336 g/mol. The Balaban J connectivity index is 2.36. The topological polar surface area (TPSA) is 72.2 Å². The molecule has 1 aromatic heterocycles. The van der Waals surface area contributed by atoms with Gasteiger partial charge in [0, 0.05) is 16.8 Å². The van der Waals surface area contributed by atoms with Gasteiger partial charge in [-0.15, -0.1) is 11.3 Å². The lowest BCUT2D eigenvalue weighted by atomic mass is 10.1. The summed E-state index contributed by atoms with van der Waals surface area (Å²) in [6, 6.07) is 4.50. The highest BCUT2D eigenvalue weighted by Gasteiger charge is 2.32. The Labute approximate surface area is 123 Å². The number of benzene rings is 1. The van der Waals surface area contributed by atoms with Crippen molar-refractivity contribution >= 4 is 32.7 Å². The highest BCUT2D eigenvalue weighted by atomic mass is 32.2. The van der Waals surface area contributed by atoms with Gasteiger partial charge in [0.15, 0.2) is 0 Å². The average molecular weight is 336 g/mol. The number of rotatable bonds is 3. The fourth-order valence-electron chi connectivity index (χ4n) is 1.67. The van der Waals surface area contributed by atoms with Gasteiger partial charge >= 0.3 is 6.18 Å². The second kappa shape index (κ2) is 5.23. The van der Waals surface area contributed by atoms with Crippen LogP contribution >= 0.6 is 11.3 Å². The van der Waals surface area contributed by atoms with Crippen molar-refractivity contribution in [3.8, 4) is 0 Å². The predicted octanol–water partition coefficient (Wildman–Crippen LogP) is 3.46. The molecule has 114 valence electrons. The summed E-state index contributed by atoms with van der Waals surface area (Å²) in [6.45, 7) is 1.31. The summed E-state index contributed by atoms with van der Waals surface area (Å²) < 4.78 is 64.5. The number of sulfonamides is 1. The molecule has 0 unspecified atom stereocenters. The van der Waals surface area contributed by atoms with Crippen LogP contribution in [-0.4, -0.2) is 8.42 Å². The maximum Gasteiger partial charge on any atom is 0.416 e. The smallest absolute Gasteiger partial charge is 0.398 e. The molecule has 2 rings (SSSR count). The number of hydrogen-bond acceptors (Lipinski definition) is 4. The van der Waals surface area contributed by atoms with E-state index in [-0.39, 0.29) is 21.1 Å². The molecule has 0 aliphatic heterocycles. The molecule has 0 saturated carbocycles. The van der Waals surface area contributed by atoms with Crippen molar-refractivity contribution in [2.75, 3.05) is 10.5 Å². The van der Waals surface area contributed by atoms with Crippen molar-refractivity contribution in [1.82, 2.24) is 0 Å². The van der Waals surface area contributed by atoms with Gasteiger partial charge in [0.1, 0.15) is 4.21 Å². The maximum absolute atomic E-state index is 12.8. The SMILES string of the molecule is Cc1ccc(NS(=O)(=O)c2cc(N)cs2)cc1C(F)(F)F. The molecular weight excluding hydrogens is 325 g/mol. The second-order valence-electron chi connectivity index (χ2n) is 4.33. The zero-order valence-corrected chi connectivity index (χ0v) is 12.4. The minimum absolute atomic E-state index is 0.0193. The van der Waals surface area contributed by atoms with Crippen molar-refractivity contribution in [2.24, 2.45) is 0 Å². The number of aryl methyl sites for hydroxylation is 1. The highest BCUT2D eigenvalue weighted by Crippen LogP contribution is 2.34. The zero-order valence-electron chi connectivity index (χ0n) is 10.7. The first kappa shape index (κ1) is 15.6. The summed E-state index contributed by atoms with van der Waals surface area (Å²) >= 11 is 0.891. The largest absolute Gasteiger partial charge is 0.416 e. The van der Waals surface area contributed by atoms with Crippen molar-refractivity contribution in [2.45, 2.75) is 17.3 Å². The molecule has 0 radical (unpaired) electrons. The van der Waals surface area contributed by atoms with Crippen molar-refractivity contribution in [3.63, 3.8) is 0 Å². The molecule has 3 N–H and O–H groups in total. The molecule has 0 saturated heterocycles. The van der Waals surface area contributed by atoms with Crippen molar-refractivity contribution < 1.29 is 21.6 Å². The van der Waals surface area contributed by atoms with Crippen LogP contribution in [0.2, 0.25) is 0 Å². The van der Waals surface area contributed by atoms with Gasteiger partial charge in [0.2, 0.25) is 0 Å². The van der Waals surface area contributed by atoms with Crippen LogP contribution in [-0.2, 0) is 16.2 Å². The van der Waals surface area contributed by atoms with E-state index in [9.17, 15) is 21.6 Å². The summed E-state index contributed by atoms with van der Waals surface area (Å²) in [7, 11) is -3.95. The third kappa shape index (κ3) is 3.48. The van der Waals surface area contributed by atoms with Crippen LogP contribution in [0.3, 0.4) is 0 Å². The number of alkyl halides is 3. The van der Waals surface area contributed by atoms with Crippen LogP contribution in [0.15, 0.2) is 33.9 Å². The third-order valence-corrected chi connectivity index (χ3v) is 5.49. The molecule has 0 amide bonds. The lowest BCUT2D eigenvalue weighted by Crippen LogP contribution is -2.13. The predicted molar refractivity (Wildman–Crippen MR) is 75.7 cm³/mol. The van der Waals surface area contributed by atoms with Crippen LogP contribution < -0.4 is 10.5 Å². The van der Waals surface area contributed by atoms with Gasteiger partial charge in [-0.1, -0.05) is 6.07 Å². The highest BCUT2D eigenvalue weighted by molar-refractivity contribution is 7.94. The van der Waals surface area contributed by atoms with Gasteiger partial charge in [0.25, 0.3) is 10.0 Å². The van der Waals surface area contributed by atoms with Crippen LogP contribution in [0.4, 0.5) is 24.5 Å². The van der Waals surface area contributed by atoms with Crippen LogP contribution in [0.5, 0.6) is 0 Å². The van der Waals surface area contributed by atoms with E-state index >= 15 is 0 Å². The van der Waals surface area contributed by atoms with Crippen LogP contribution in [0.1, 0.15) is 11.1 Å². The molecule has 0 aliphatic rings. The molecule has 21 heavy (non-hydrogen) atoms. The molecular formula is C12H11F3N2O2S2. The molecule has 9 heteroatoms. The van der Waals surface area contributed by atoms with E-state index in [2.05, 4.69) is 4.72 Å². The summed E-state index contributed by atoms with van der Waals surface area (Å²) in [5.74, 6) is 0. The Morgan fingerprint density at radius 3 is 2.43 bits per heavy atom.